The van der Waals surface area contributed by atoms with Crippen molar-refractivity contribution in [2.75, 3.05) is 19.5 Å². The molecule has 0 amide bonds. The van der Waals surface area contributed by atoms with Crippen molar-refractivity contribution in [2.24, 2.45) is 0 Å². The van der Waals surface area contributed by atoms with Crippen LogP contribution in [0.5, 0.6) is 0 Å². The zero-order valence-electron chi connectivity index (χ0n) is 13.7. The van der Waals surface area contributed by atoms with Crippen LogP contribution < -0.4 is 0 Å². The van der Waals surface area contributed by atoms with Gasteiger partial charge in [-0.15, -0.1) is 11.8 Å². The first-order valence-electron chi connectivity index (χ1n) is 7.20. The molecule has 132 valence electrons. The van der Waals surface area contributed by atoms with Crippen molar-refractivity contribution in [3.05, 3.63) is 39.2 Å². The van der Waals surface area contributed by atoms with E-state index in [0.29, 0.717) is 10.4 Å². The predicted octanol–water partition coefficient (Wildman–Crippen LogP) is 5.05. The smallest absolute Gasteiger partial charge is 0.223 e. The molecule has 0 aromatic carbocycles. The van der Waals surface area contributed by atoms with Crippen LogP contribution >= 0.6 is 46.6 Å². The molecule has 24 heavy (non-hydrogen) atoms. The number of aromatic nitrogens is 4. The second-order valence-corrected chi connectivity index (χ2v) is 6.63. The highest BCUT2D eigenvalue weighted by molar-refractivity contribution is 7.98. The lowest BCUT2D eigenvalue weighted by Crippen LogP contribution is -1.87. The van der Waals surface area contributed by atoms with Gasteiger partial charge in [-0.25, -0.2) is 19.9 Å². The van der Waals surface area contributed by atoms with Crippen LogP contribution in [0.4, 0.5) is 0 Å². The number of hydrogen-bond donors (Lipinski definition) is 0. The van der Waals surface area contributed by atoms with Gasteiger partial charge in [0.15, 0.2) is 0 Å². The van der Waals surface area contributed by atoms with Gasteiger partial charge in [-0.3, -0.25) is 0 Å². The van der Waals surface area contributed by atoms with Crippen LogP contribution in [0, 0.1) is 13.8 Å². The summed E-state index contributed by atoms with van der Waals surface area (Å²) in [4.78, 5) is 15.4. The quantitative estimate of drug-likeness (QED) is 0.373. The van der Waals surface area contributed by atoms with Crippen LogP contribution in [-0.4, -0.2) is 39.4 Å². The summed E-state index contributed by atoms with van der Waals surface area (Å²) in [5, 5.41) is 1.81. The van der Waals surface area contributed by atoms with Crippen LogP contribution in [0.3, 0.4) is 0 Å². The highest BCUT2D eigenvalue weighted by Crippen LogP contribution is 2.14. The molecule has 1 saturated heterocycles. The van der Waals surface area contributed by atoms with Gasteiger partial charge in [0.1, 0.15) is 10.2 Å². The molecule has 0 bridgehead atoms. The largest absolute Gasteiger partial charge is 0.381 e. The van der Waals surface area contributed by atoms with E-state index in [1.807, 2.05) is 19.2 Å². The summed E-state index contributed by atoms with van der Waals surface area (Å²) in [5.41, 5.74) is 1.68. The van der Waals surface area contributed by atoms with Gasteiger partial charge in [0.25, 0.3) is 0 Å². The number of rotatable bonds is 1. The summed E-state index contributed by atoms with van der Waals surface area (Å²) < 4.78 is 4.94. The third-order valence-corrected chi connectivity index (χ3v) is 3.79. The maximum atomic E-state index is 5.59. The van der Waals surface area contributed by atoms with E-state index < -0.39 is 0 Å². The van der Waals surface area contributed by atoms with E-state index in [1.165, 1.54) is 12.8 Å². The highest BCUT2D eigenvalue weighted by atomic mass is 35.5. The first-order valence-corrected chi connectivity index (χ1v) is 9.56. The van der Waals surface area contributed by atoms with Crippen LogP contribution in [0.15, 0.2) is 17.2 Å². The molecule has 2 aromatic rings. The van der Waals surface area contributed by atoms with Crippen molar-refractivity contribution in [3.63, 3.8) is 0 Å². The van der Waals surface area contributed by atoms with Crippen molar-refractivity contribution in [1.82, 2.24) is 19.9 Å². The summed E-state index contributed by atoms with van der Waals surface area (Å²) in [5.74, 6) is 0. The number of ether oxygens (including phenoxy) is 1. The van der Waals surface area contributed by atoms with E-state index in [-0.39, 0.29) is 5.28 Å². The Morgan fingerprint density at radius 2 is 1.42 bits per heavy atom. The van der Waals surface area contributed by atoms with Crippen molar-refractivity contribution < 1.29 is 4.74 Å². The molecule has 0 spiro atoms. The molecule has 9 heteroatoms. The summed E-state index contributed by atoms with van der Waals surface area (Å²) in [6.07, 6.45) is 4.51. The van der Waals surface area contributed by atoms with E-state index in [2.05, 4.69) is 19.9 Å². The van der Waals surface area contributed by atoms with Gasteiger partial charge in [0.05, 0.1) is 0 Å². The number of hydrogen-bond acceptors (Lipinski definition) is 6. The van der Waals surface area contributed by atoms with Gasteiger partial charge in [-0.05, 0) is 68.3 Å². The average Bonchev–Trinajstić information content (AvgIpc) is 3.04. The summed E-state index contributed by atoms with van der Waals surface area (Å²) >= 11 is 18.1. The molecule has 3 rings (SSSR count). The third kappa shape index (κ3) is 9.59. The predicted molar refractivity (Wildman–Crippen MR) is 100 cm³/mol. The second kappa shape index (κ2) is 11.8. The van der Waals surface area contributed by atoms with Gasteiger partial charge in [0, 0.05) is 24.6 Å². The fraction of sp³-hybridized carbons (Fsp3) is 0.467. The standard InChI is InChI=1S/C6H7ClN2S.C5H4Cl2N2.C4H8O/c1-4-3-5(10-2)9-6(7)8-4;1-3-2-4(6)9-5(7)8-3;1-2-4-5-3-1/h3H,1-2H3;2H,1H3;1-4H2. The molecule has 1 aliphatic heterocycles. The molecule has 3 heterocycles. The highest BCUT2D eigenvalue weighted by Gasteiger charge is 1.96. The molecular formula is C15H19Cl3N4OS. The van der Waals surface area contributed by atoms with Gasteiger partial charge < -0.3 is 4.74 Å². The molecule has 2 aromatic heterocycles. The van der Waals surface area contributed by atoms with Crippen LogP contribution in [-0.2, 0) is 4.74 Å². The van der Waals surface area contributed by atoms with Crippen molar-refractivity contribution in [3.8, 4) is 0 Å². The minimum Gasteiger partial charge on any atom is -0.381 e. The number of thioether (sulfide) groups is 1. The van der Waals surface area contributed by atoms with E-state index in [4.69, 9.17) is 39.5 Å². The first-order chi connectivity index (χ1) is 11.4. The molecule has 1 aliphatic rings. The topological polar surface area (TPSA) is 60.8 Å². The number of nitrogens with zero attached hydrogens (tertiary/aromatic N) is 4. The lowest BCUT2D eigenvalue weighted by Gasteiger charge is -1.96. The fourth-order valence-electron chi connectivity index (χ4n) is 1.62. The Bertz CT molecular complexity index is 564. The molecule has 5 nitrogen and oxygen atoms in total. The zero-order chi connectivity index (χ0) is 17.9. The Balaban J connectivity index is 0.000000189. The van der Waals surface area contributed by atoms with Crippen LogP contribution in [0.1, 0.15) is 24.2 Å². The molecule has 0 aliphatic carbocycles. The third-order valence-electron chi connectivity index (χ3n) is 2.64. The SMILES string of the molecule is C1CCOC1.CSc1cc(C)nc(Cl)n1.Cc1cc(Cl)nc(Cl)n1. The minimum absolute atomic E-state index is 0.194. The van der Waals surface area contributed by atoms with Gasteiger partial charge >= 0.3 is 0 Å². The normalized spacial score (nSPS) is 12.8. The molecule has 0 atom stereocenters. The molecule has 0 radical (unpaired) electrons. The Morgan fingerprint density at radius 1 is 0.875 bits per heavy atom. The molecule has 0 N–H and O–H groups in total. The van der Waals surface area contributed by atoms with E-state index in [9.17, 15) is 0 Å². The number of halogens is 3. The maximum Gasteiger partial charge on any atom is 0.223 e. The fourth-order valence-corrected chi connectivity index (χ4v) is 2.86. The molecule has 1 fully saturated rings. The Labute approximate surface area is 161 Å². The monoisotopic (exact) mass is 408 g/mol. The minimum atomic E-state index is 0.194. The lowest BCUT2D eigenvalue weighted by molar-refractivity contribution is 0.198. The van der Waals surface area contributed by atoms with Gasteiger partial charge in [0.2, 0.25) is 10.6 Å². The maximum absolute atomic E-state index is 5.59. The van der Waals surface area contributed by atoms with Crippen molar-refractivity contribution in [1.29, 1.82) is 0 Å². The summed E-state index contributed by atoms with van der Waals surface area (Å²) in [7, 11) is 0. The summed E-state index contributed by atoms with van der Waals surface area (Å²) in [6.45, 7) is 5.70. The Hall–Kier alpha value is -0.660. The second-order valence-electron chi connectivity index (χ2n) is 4.74. The average molecular weight is 410 g/mol. The van der Waals surface area contributed by atoms with Crippen molar-refractivity contribution >= 4 is 46.6 Å². The van der Waals surface area contributed by atoms with Gasteiger partial charge in [-0.2, -0.15) is 0 Å². The van der Waals surface area contributed by atoms with Crippen LogP contribution in [0.25, 0.3) is 0 Å². The Kier molecular flexibility index (Phi) is 10.5. The van der Waals surface area contributed by atoms with Crippen molar-refractivity contribution in [2.45, 2.75) is 31.7 Å². The number of aryl methyl sites for hydroxylation is 2. The lowest BCUT2D eigenvalue weighted by atomic mass is 10.4. The first kappa shape index (κ1) is 21.4. The van der Waals surface area contributed by atoms with E-state index in [1.54, 1.807) is 24.8 Å². The molecule has 0 unspecified atom stereocenters. The molecular weight excluding hydrogens is 391 g/mol. The summed E-state index contributed by atoms with van der Waals surface area (Å²) in [6, 6.07) is 3.55. The Morgan fingerprint density at radius 3 is 1.79 bits per heavy atom. The van der Waals surface area contributed by atoms with E-state index in [0.717, 1.165) is 29.6 Å². The molecule has 0 saturated carbocycles. The van der Waals surface area contributed by atoms with E-state index >= 15 is 0 Å². The van der Waals surface area contributed by atoms with Gasteiger partial charge in [-0.1, -0.05) is 11.6 Å². The van der Waals surface area contributed by atoms with Crippen LogP contribution in [0.2, 0.25) is 15.7 Å². The zero-order valence-corrected chi connectivity index (χ0v) is 16.8.